The lowest BCUT2D eigenvalue weighted by Gasteiger charge is -2.09. The highest BCUT2D eigenvalue weighted by atomic mass is 79.9. The zero-order valence-corrected chi connectivity index (χ0v) is 13.8. The van der Waals surface area contributed by atoms with Gasteiger partial charge in [0.15, 0.2) is 0 Å². The Morgan fingerprint density at radius 3 is 2.59 bits per heavy atom. The topological polar surface area (TPSA) is 83.4 Å². The van der Waals surface area contributed by atoms with Gasteiger partial charge in [-0.2, -0.15) is 0 Å². The Balaban J connectivity index is 1.80. The number of nitrogens with one attached hydrogen (secondary N) is 3. The van der Waals surface area contributed by atoms with Crippen LogP contribution in [0.4, 0.5) is 4.79 Å². The van der Waals surface area contributed by atoms with Crippen molar-refractivity contribution in [1.82, 2.24) is 16.2 Å². The molecular weight excluding hydrogens is 350 g/mol. The van der Waals surface area contributed by atoms with E-state index in [0.717, 1.165) is 10.0 Å². The third kappa shape index (κ3) is 4.36. The van der Waals surface area contributed by atoms with Crippen molar-refractivity contribution in [3.63, 3.8) is 0 Å². The van der Waals surface area contributed by atoms with E-state index in [0.29, 0.717) is 23.6 Å². The highest BCUT2D eigenvalue weighted by molar-refractivity contribution is 9.10. The Morgan fingerprint density at radius 1 is 1.18 bits per heavy atom. The maximum Gasteiger partial charge on any atom is 0.333 e. The molecule has 0 saturated carbocycles. The molecule has 2 aromatic rings. The number of carbonyl (C=O) groups is 2. The molecule has 1 aromatic carbocycles. The van der Waals surface area contributed by atoms with Gasteiger partial charge in [-0.1, -0.05) is 28.1 Å². The first-order valence-electron chi connectivity index (χ1n) is 6.61. The van der Waals surface area contributed by atoms with Crippen LogP contribution in [0.15, 0.2) is 39.2 Å². The van der Waals surface area contributed by atoms with E-state index >= 15 is 0 Å². The standard InChI is InChI=1S/C15H16BrN3O3/c1-9-6-13(10(2)22-9)14(20)18-19-15(21)17-8-11-4-3-5-12(16)7-11/h3-7H,8H2,1-2H3,(H,18,20)(H2,17,19,21). The molecule has 0 unspecified atom stereocenters. The summed E-state index contributed by atoms with van der Waals surface area (Å²) in [6, 6.07) is 8.69. The molecule has 3 amide bonds. The van der Waals surface area contributed by atoms with E-state index in [2.05, 4.69) is 32.1 Å². The number of benzene rings is 1. The maximum atomic E-state index is 11.9. The predicted octanol–water partition coefficient (Wildman–Crippen LogP) is 2.80. The summed E-state index contributed by atoms with van der Waals surface area (Å²) < 4.78 is 6.20. The molecule has 3 N–H and O–H groups in total. The Morgan fingerprint density at radius 2 is 1.95 bits per heavy atom. The molecule has 0 aliphatic carbocycles. The lowest BCUT2D eigenvalue weighted by molar-refractivity contribution is 0.0934. The van der Waals surface area contributed by atoms with Crippen molar-refractivity contribution in [1.29, 1.82) is 0 Å². The number of hydrogen-bond acceptors (Lipinski definition) is 3. The maximum absolute atomic E-state index is 11.9. The van der Waals surface area contributed by atoms with Crippen molar-refractivity contribution in [2.75, 3.05) is 0 Å². The number of halogens is 1. The van der Waals surface area contributed by atoms with Crippen LogP contribution >= 0.6 is 15.9 Å². The van der Waals surface area contributed by atoms with Crippen molar-refractivity contribution in [2.45, 2.75) is 20.4 Å². The lowest BCUT2D eigenvalue weighted by atomic mass is 10.2. The minimum atomic E-state index is -0.494. The number of hydrazine groups is 1. The van der Waals surface area contributed by atoms with Gasteiger partial charge in [0.05, 0.1) is 5.56 Å². The minimum Gasteiger partial charge on any atom is -0.466 e. The molecule has 6 nitrogen and oxygen atoms in total. The quantitative estimate of drug-likeness (QED) is 0.731. The van der Waals surface area contributed by atoms with Crippen LogP contribution in [0, 0.1) is 13.8 Å². The van der Waals surface area contributed by atoms with Crippen molar-refractivity contribution in [2.24, 2.45) is 0 Å². The Bertz CT molecular complexity index is 697. The lowest BCUT2D eigenvalue weighted by Crippen LogP contribution is -2.46. The first kappa shape index (κ1) is 16.1. The summed E-state index contributed by atoms with van der Waals surface area (Å²) in [5, 5.41) is 2.64. The van der Waals surface area contributed by atoms with Crippen LogP contribution in [0.1, 0.15) is 27.4 Å². The number of urea groups is 1. The molecule has 7 heteroatoms. The fourth-order valence-electron chi connectivity index (χ4n) is 1.91. The van der Waals surface area contributed by atoms with E-state index in [-0.39, 0.29) is 0 Å². The van der Waals surface area contributed by atoms with Gasteiger partial charge in [0.2, 0.25) is 0 Å². The van der Waals surface area contributed by atoms with E-state index in [1.807, 2.05) is 24.3 Å². The molecule has 1 aromatic heterocycles. The van der Waals surface area contributed by atoms with Gasteiger partial charge < -0.3 is 9.73 Å². The molecule has 0 aliphatic rings. The fraction of sp³-hybridized carbons (Fsp3) is 0.200. The molecule has 2 rings (SSSR count). The van der Waals surface area contributed by atoms with E-state index in [1.54, 1.807) is 19.9 Å². The summed E-state index contributed by atoms with van der Waals surface area (Å²) >= 11 is 3.36. The van der Waals surface area contributed by atoms with Gasteiger partial charge in [0.25, 0.3) is 5.91 Å². The van der Waals surface area contributed by atoms with Gasteiger partial charge in [0, 0.05) is 11.0 Å². The number of aryl methyl sites for hydroxylation is 2. The SMILES string of the molecule is Cc1cc(C(=O)NNC(=O)NCc2cccc(Br)c2)c(C)o1. The second kappa shape index (κ2) is 7.13. The largest absolute Gasteiger partial charge is 0.466 e. The van der Waals surface area contributed by atoms with Crippen LogP contribution in [0.25, 0.3) is 0 Å². The summed E-state index contributed by atoms with van der Waals surface area (Å²) in [4.78, 5) is 23.5. The van der Waals surface area contributed by atoms with Crippen molar-refractivity contribution >= 4 is 27.9 Å². The van der Waals surface area contributed by atoms with E-state index < -0.39 is 11.9 Å². The summed E-state index contributed by atoms with van der Waals surface area (Å²) in [5.41, 5.74) is 5.96. The fourth-order valence-corrected chi connectivity index (χ4v) is 2.36. The third-order valence-electron chi connectivity index (χ3n) is 2.92. The average Bonchev–Trinajstić information content (AvgIpc) is 2.81. The highest BCUT2D eigenvalue weighted by Crippen LogP contribution is 2.13. The number of amides is 3. The van der Waals surface area contributed by atoms with Gasteiger partial charge in [-0.05, 0) is 37.6 Å². The zero-order valence-electron chi connectivity index (χ0n) is 12.2. The molecule has 0 bridgehead atoms. The smallest absolute Gasteiger partial charge is 0.333 e. The second-order valence-electron chi connectivity index (χ2n) is 4.72. The molecule has 0 aliphatic heterocycles. The number of furan rings is 1. The molecule has 0 atom stereocenters. The summed E-state index contributed by atoms with van der Waals surface area (Å²) in [5.74, 6) is 0.722. The van der Waals surface area contributed by atoms with Gasteiger partial charge in [0.1, 0.15) is 11.5 Å². The van der Waals surface area contributed by atoms with Crippen LogP contribution in [0.2, 0.25) is 0 Å². The van der Waals surface area contributed by atoms with Crippen LogP contribution in [-0.2, 0) is 6.54 Å². The monoisotopic (exact) mass is 365 g/mol. The zero-order chi connectivity index (χ0) is 16.1. The number of rotatable bonds is 3. The van der Waals surface area contributed by atoms with Gasteiger partial charge >= 0.3 is 6.03 Å². The first-order chi connectivity index (χ1) is 10.5. The molecular formula is C15H16BrN3O3. The van der Waals surface area contributed by atoms with Crippen molar-refractivity contribution < 1.29 is 14.0 Å². The average molecular weight is 366 g/mol. The van der Waals surface area contributed by atoms with E-state index in [4.69, 9.17) is 4.42 Å². The molecule has 0 spiro atoms. The first-order valence-corrected chi connectivity index (χ1v) is 7.40. The normalized spacial score (nSPS) is 10.1. The predicted molar refractivity (Wildman–Crippen MR) is 85.2 cm³/mol. The van der Waals surface area contributed by atoms with Crippen molar-refractivity contribution in [3.05, 3.63) is 57.5 Å². The third-order valence-corrected chi connectivity index (χ3v) is 3.41. The van der Waals surface area contributed by atoms with Gasteiger partial charge in [-0.3, -0.25) is 10.2 Å². The minimum absolute atomic E-state index is 0.352. The van der Waals surface area contributed by atoms with E-state index in [1.165, 1.54) is 0 Å². The molecule has 0 fully saturated rings. The van der Waals surface area contributed by atoms with Crippen LogP contribution in [0.5, 0.6) is 0 Å². The van der Waals surface area contributed by atoms with Crippen LogP contribution in [-0.4, -0.2) is 11.9 Å². The molecule has 116 valence electrons. The highest BCUT2D eigenvalue weighted by Gasteiger charge is 2.13. The van der Waals surface area contributed by atoms with Crippen molar-refractivity contribution in [3.8, 4) is 0 Å². The summed E-state index contributed by atoms with van der Waals surface area (Å²) in [6.45, 7) is 3.79. The van der Waals surface area contributed by atoms with Crippen LogP contribution in [0.3, 0.4) is 0 Å². The van der Waals surface area contributed by atoms with Crippen LogP contribution < -0.4 is 16.2 Å². The number of carbonyl (C=O) groups excluding carboxylic acids is 2. The number of hydrogen-bond donors (Lipinski definition) is 3. The van der Waals surface area contributed by atoms with Gasteiger partial charge in [-0.15, -0.1) is 0 Å². The summed E-state index contributed by atoms with van der Waals surface area (Å²) in [7, 11) is 0. The summed E-state index contributed by atoms with van der Waals surface area (Å²) in [6.07, 6.45) is 0. The molecule has 0 radical (unpaired) electrons. The Kier molecular flexibility index (Phi) is 5.21. The Labute approximate surface area is 136 Å². The molecule has 1 heterocycles. The second-order valence-corrected chi connectivity index (χ2v) is 5.63. The molecule has 22 heavy (non-hydrogen) atoms. The Hall–Kier alpha value is -2.28. The van der Waals surface area contributed by atoms with Gasteiger partial charge in [-0.25, -0.2) is 10.2 Å². The molecule has 0 saturated heterocycles. The van der Waals surface area contributed by atoms with E-state index in [9.17, 15) is 9.59 Å².